The Morgan fingerprint density at radius 3 is 2.55 bits per heavy atom. The number of likely N-dealkylation sites (N-methyl/N-ethyl adjacent to an activating group) is 1. The lowest BCUT2D eigenvalue weighted by molar-refractivity contribution is -0.903. The molecule has 0 spiro atoms. The fraction of sp³-hybridized carbons (Fsp3) is 0.217. The summed E-state index contributed by atoms with van der Waals surface area (Å²) in [5.74, 6) is -0.348. The lowest BCUT2D eigenvalue weighted by atomic mass is 10.1. The monoisotopic (exact) mass is 408 g/mol. The second kappa shape index (κ2) is 10.0. The number of hydrogen-bond acceptors (Lipinski definition) is 3. The Labute approximate surface area is 175 Å². The van der Waals surface area contributed by atoms with Gasteiger partial charge in [-0.25, -0.2) is 0 Å². The van der Waals surface area contributed by atoms with E-state index in [9.17, 15) is 9.59 Å². The summed E-state index contributed by atoms with van der Waals surface area (Å²) in [5, 5.41) is 7.86. The molecule has 150 valence electrons. The smallest absolute Gasteiger partial charge is 0.279 e. The largest absolute Gasteiger partial charge is 0.323 e. The molecular formula is C23H26N3O2S+. The maximum absolute atomic E-state index is 12.8. The normalized spacial score (nSPS) is 11.7. The summed E-state index contributed by atoms with van der Waals surface area (Å²) in [5.41, 5.74) is 2.76. The standard InChI is InChI=1S/C23H25N3O2S/c1-3-26(15-19-10-7-13-29-19)16-22(27)25-21-12-5-4-11-20(21)23(28)24-18-9-6-8-17(2)14-18/h4-14H,3,15-16H2,1-2H3,(H,24,28)(H,25,27)/p+1. The van der Waals surface area contributed by atoms with Crippen molar-refractivity contribution in [1.29, 1.82) is 0 Å². The second-order valence-corrected chi connectivity index (χ2v) is 7.99. The van der Waals surface area contributed by atoms with E-state index in [0.29, 0.717) is 17.8 Å². The van der Waals surface area contributed by atoms with E-state index in [2.05, 4.69) is 23.6 Å². The van der Waals surface area contributed by atoms with E-state index in [1.165, 1.54) is 9.78 Å². The summed E-state index contributed by atoms with van der Waals surface area (Å²) in [6, 6.07) is 18.8. The lowest BCUT2D eigenvalue weighted by Gasteiger charge is -2.17. The number of nitrogens with one attached hydrogen (secondary N) is 3. The van der Waals surface area contributed by atoms with Gasteiger partial charge in [-0.1, -0.05) is 30.3 Å². The van der Waals surface area contributed by atoms with E-state index >= 15 is 0 Å². The van der Waals surface area contributed by atoms with Crippen LogP contribution in [0.25, 0.3) is 0 Å². The zero-order valence-electron chi connectivity index (χ0n) is 16.7. The number of rotatable bonds is 8. The van der Waals surface area contributed by atoms with Crippen LogP contribution in [-0.4, -0.2) is 24.9 Å². The fourth-order valence-electron chi connectivity index (χ4n) is 3.10. The zero-order chi connectivity index (χ0) is 20.6. The molecule has 0 aliphatic carbocycles. The van der Waals surface area contributed by atoms with Gasteiger partial charge in [0.25, 0.3) is 11.8 Å². The third-order valence-electron chi connectivity index (χ3n) is 4.64. The van der Waals surface area contributed by atoms with Crippen LogP contribution in [0.3, 0.4) is 0 Å². The van der Waals surface area contributed by atoms with Crippen molar-refractivity contribution < 1.29 is 14.5 Å². The highest BCUT2D eigenvalue weighted by Gasteiger charge is 2.17. The molecule has 2 aromatic carbocycles. The first-order valence-corrected chi connectivity index (χ1v) is 10.6. The Balaban J connectivity index is 1.66. The highest BCUT2D eigenvalue weighted by atomic mass is 32.1. The molecule has 0 fully saturated rings. The molecule has 5 nitrogen and oxygen atoms in total. The Bertz CT molecular complexity index is 970. The molecule has 0 radical (unpaired) electrons. The van der Waals surface area contributed by atoms with Crippen LogP contribution in [0.5, 0.6) is 0 Å². The van der Waals surface area contributed by atoms with Crippen molar-refractivity contribution in [3.05, 3.63) is 82.0 Å². The second-order valence-electron chi connectivity index (χ2n) is 6.95. The van der Waals surface area contributed by atoms with Crippen molar-refractivity contribution in [3.63, 3.8) is 0 Å². The fourth-order valence-corrected chi connectivity index (χ4v) is 3.88. The van der Waals surface area contributed by atoms with Crippen molar-refractivity contribution in [3.8, 4) is 0 Å². The van der Waals surface area contributed by atoms with Gasteiger partial charge in [-0.05, 0) is 55.1 Å². The zero-order valence-corrected chi connectivity index (χ0v) is 17.5. The number of quaternary nitrogens is 1. The van der Waals surface area contributed by atoms with Gasteiger partial charge in [0.05, 0.1) is 22.7 Å². The van der Waals surface area contributed by atoms with Crippen LogP contribution in [0.2, 0.25) is 0 Å². The lowest BCUT2D eigenvalue weighted by Crippen LogP contribution is -3.11. The highest BCUT2D eigenvalue weighted by molar-refractivity contribution is 7.09. The average molecular weight is 409 g/mol. The van der Waals surface area contributed by atoms with Crippen molar-refractivity contribution >= 4 is 34.5 Å². The van der Waals surface area contributed by atoms with Crippen molar-refractivity contribution in [1.82, 2.24) is 0 Å². The molecule has 1 aromatic heterocycles. The number of carbonyl (C=O) groups is 2. The summed E-state index contributed by atoms with van der Waals surface area (Å²) < 4.78 is 0. The minimum atomic E-state index is -0.246. The molecule has 3 N–H and O–H groups in total. The van der Waals surface area contributed by atoms with E-state index in [-0.39, 0.29) is 11.8 Å². The summed E-state index contributed by atoms with van der Waals surface area (Å²) >= 11 is 1.70. The molecule has 29 heavy (non-hydrogen) atoms. The number of anilines is 2. The summed E-state index contributed by atoms with van der Waals surface area (Å²) in [6.45, 7) is 6.06. The van der Waals surface area contributed by atoms with Crippen molar-refractivity contribution in [2.24, 2.45) is 0 Å². The molecule has 1 atom stereocenters. The number of para-hydroxylation sites is 1. The van der Waals surface area contributed by atoms with Gasteiger partial charge in [-0.3, -0.25) is 9.59 Å². The third kappa shape index (κ3) is 6.01. The van der Waals surface area contributed by atoms with Crippen LogP contribution in [0.4, 0.5) is 11.4 Å². The van der Waals surface area contributed by atoms with Gasteiger partial charge >= 0.3 is 0 Å². The number of thiophene rings is 1. The molecular weight excluding hydrogens is 382 g/mol. The molecule has 0 saturated carbocycles. The Hall–Kier alpha value is -2.96. The van der Waals surface area contributed by atoms with Crippen LogP contribution in [0.1, 0.15) is 27.7 Å². The summed E-state index contributed by atoms with van der Waals surface area (Å²) in [6.07, 6.45) is 0. The van der Waals surface area contributed by atoms with E-state index in [1.54, 1.807) is 29.5 Å². The third-order valence-corrected chi connectivity index (χ3v) is 5.51. The predicted molar refractivity (Wildman–Crippen MR) is 119 cm³/mol. The molecule has 0 bridgehead atoms. The number of aryl methyl sites for hydroxylation is 1. The highest BCUT2D eigenvalue weighted by Crippen LogP contribution is 2.18. The minimum absolute atomic E-state index is 0.103. The molecule has 1 heterocycles. The first-order valence-electron chi connectivity index (χ1n) is 9.68. The molecule has 6 heteroatoms. The van der Waals surface area contributed by atoms with Gasteiger partial charge in [0.1, 0.15) is 6.54 Å². The maximum Gasteiger partial charge on any atom is 0.279 e. The molecule has 3 aromatic rings. The van der Waals surface area contributed by atoms with Crippen LogP contribution in [0.15, 0.2) is 66.0 Å². The van der Waals surface area contributed by atoms with Crippen molar-refractivity contribution in [2.75, 3.05) is 23.7 Å². The molecule has 2 amide bonds. The Morgan fingerprint density at radius 1 is 1.00 bits per heavy atom. The van der Waals surface area contributed by atoms with Gasteiger partial charge in [0.15, 0.2) is 6.54 Å². The molecule has 0 aliphatic heterocycles. The maximum atomic E-state index is 12.8. The molecule has 3 rings (SSSR count). The Kier molecular flexibility index (Phi) is 7.16. The molecule has 0 aliphatic rings. The topological polar surface area (TPSA) is 62.6 Å². The van der Waals surface area contributed by atoms with Crippen LogP contribution >= 0.6 is 11.3 Å². The first-order chi connectivity index (χ1) is 14.0. The van der Waals surface area contributed by atoms with Gasteiger partial charge in [-0.15, -0.1) is 11.3 Å². The average Bonchev–Trinajstić information content (AvgIpc) is 3.21. The molecule has 1 unspecified atom stereocenters. The van der Waals surface area contributed by atoms with Crippen molar-refractivity contribution in [2.45, 2.75) is 20.4 Å². The predicted octanol–water partition coefficient (Wildman–Crippen LogP) is 3.35. The van der Waals surface area contributed by atoms with Gasteiger partial charge in [0.2, 0.25) is 0 Å². The number of hydrogen-bond donors (Lipinski definition) is 3. The number of benzene rings is 2. The number of amides is 2. The Morgan fingerprint density at radius 2 is 1.83 bits per heavy atom. The van der Waals surface area contributed by atoms with E-state index in [0.717, 1.165) is 24.3 Å². The summed E-state index contributed by atoms with van der Waals surface area (Å²) in [7, 11) is 0. The van der Waals surface area contributed by atoms with E-state index < -0.39 is 0 Å². The SMILES string of the molecule is CC[NH+](CC(=O)Nc1ccccc1C(=O)Nc1cccc(C)c1)Cc1cccs1. The first kappa shape index (κ1) is 20.8. The quantitative estimate of drug-likeness (QED) is 0.535. The van der Waals surface area contributed by atoms with Crippen LogP contribution < -0.4 is 15.5 Å². The number of carbonyl (C=O) groups excluding carboxylic acids is 2. The van der Waals surface area contributed by atoms with E-state index in [4.69, 9.17) is 0 Å². The minimum Gasteiger partial charge on any atom is -0.323 e. The van der Waals surface area contributed by atoms with E-state index in [1.807, 2.05) is 48.7 Å². The van der Waals surface area contributed by atoms with Gasteiger partial charge in [0, 0.05) is 5.69 Å². The summed E-state index contributed by atoms with van der Waals surface area (Å²) in [4.78, 5) is 27.8. The van der Waals surface area contributed by atoms with Gasteiger partial charge in [-0.2, -0.15) is 0 Å². The van der Waals surface area contributed by atoms with Crippen LogP contribution in [-0.2, 0) is 11.3 Å². The van der Waals surface area contributed by atoms with Gasteiger partial charge < -0.3 is 15.5 Å². The molecule has 0 saturated heterocycles. The van der Waals surface area contributed by atoms with Crippen LogP contribution in [0, 0.1) is 6.92 Å².